The van der Waals surface area contributed by atoms with Crippen LogP contribution in [-0.4, -0.2) is 20.2 Å². The molecule has 0 spiro atoms. The fraction of sp³-hybridized carbons (Fsp3) is 0.385. The Hall–Kier alpha value is -3.15. The van der Waals surface area contributed by atoms with Gasteiger partial charge in [-0.15, -0.1) is 0 Å². The Morgan fingerprint density at radius 1 is 0.938 bits per heavy atom. The Bertz CT molecular complexity index is 1110. The van der Waals surface area contributed by atoms with Crippen molar-refractivity contribution in [2.45, 2.75) is 65.7 Å². The third-order valence-corrected chi connectivity index (χ3v) is 5.81. The lowest BCUT2D eigenvalue weighted by atomic mass is 9.99. The standard InChI is InChI=1S/C26H31FN2O3/c1-3-5-8-16-28-24(17-27)23(9-4-2)29(26(28)32)18-19-12-14-20(15-13-19)21-10-6-7-11-22(21)25(30)31/h6-7,10-15H,3-5,8-9,16-18H2,1-2H3,(H,30,31). The number of unbranched alkanes of at least 4 members (excludes halogenated alkanes) is 2. The Balaban J connectivity index is 1.93. The van der Waals surface area contributed by atoms with Crippen LogP contribution in [0.25, 0.3) is 11.1 Å². The minimum absolute atomic E-state index is 0.155. The van der Waals surface area contributed by atoms with Gasteiger partial charge in [0.2, 0.25) is 0 Å². The lowest BCUT2D eigenvalue weighted by molar-refractivity contribution is 0.0697. The van der Waals surface area contributed by atoms with Crippen LogP contribution in [0, 0.1) is 0 Å². The first-order chi connectivity index (χ1) is 15.5. The smallest absolute Gasteiger partial charge is 0.336 e. The van der Waals surface area contributed by atoms with Crippen molar-refractivity contribution >= 4 is 5.97 Å². The molecule has 0 amide bonds. The van der Waals surface area contributed by atoms with Crippen LogP contribution in [0.2, 0.25) is 0 Å². The summed E-state index contributed by atoms with van der Waals surface area (Å²) in [7, 11) is 0. The summed E-state index contributed by atoms with van der Waals surface area (Å²) >= 11 is 0. The molecule has 6 heteroatoms. The quantitative estimate of drug-likeness (QED) is 0.392. The molecule has 0 saturated heterocycles. The molecule has 0 aliphatic heterocycles. The van der Waals surface area contributed by atoms with Crippen LogP contribution >= 0.6 is 0 Å². The average molecular weight is 439 g/mol. The number of carbonyl (C=O) groups is 1. The van der Waals surface area contributed by atoms with Crippen LogP contribution in [0.15, 0.2) is 53.3 Å². The van der Waals surface area contributed by atoms with Crippen molar-refractivity contribution in [1.82, 2.24) is 9.13 Å². The van der Waals surface area contributed by atoms with Crippen LogP contribution in [0.4, 0.5) is 4.39 Å². The second kappa shape index (κ2) is 10.9. The maximum atomic E-state index is 13.9. The van der Waals surface area contributed by atoms with E-state index in [-0.39, 0.29) is 11.3 Å². The number of imidazole rings is 1. The maximum absolute atomic E-state index is 13.9. The van der Waals surface area contributed by atoms with Gasteiger partial charge in [-0.2, -0.15) is 0 Å². The molecule has 1 aromatic heterocycles. The number of carboxylic acid groups (broad SMARTS) is 1. The van der Waals surface area contributed by atoms with E-state index in [0.717, 1.165) is 42.5 Å². The summed E-state index contributed by atoms with van der Waals surface area (Å²) in [6.07, 6.45) is 4.39. The molecule has 5 nitrogen and oxygen atoms in total. The average Bonchev–Trinajstić information content (AvgIpc) is 3.05. The Morgan fingerprint density at radius 3 is 2.28 bits per heavy atom. The van der Waals surface area contributed by atoms with Gasteiger partial charge in [0.15, 0.2) is 0 Å². The zero-order valence-electron chi connectivity index (χ0n) is 18.8. The van der Waals surface area contributed by atoms with Crippen molar-refractivity contribution in [2.75, 3.05) is 0 Å². The first kappa shape index (κ1) is 23.5. The molecule has 0 fully saturated rings. The summed E-state index contributed by atoms with van der Waals surface area (Å²) < 4.78 is 17.2. The van der Waals surface area contributed by atoms with Crippen molar-refractivity contribution in [1.29, 1.82) is 0 Å². The Labute approximate surface area is 188 Å². The molecular formula is C26H31FN2O3. The molecule has 0 aliphatic rings. The van der Waals surface area contributed by atoms with Gasteiger partial charge in [-0.1, -0.05) is 75.6 Å². The highest BCUT2D eigenvalue weighted by Gasteiger charge is 2.19. The van der Waals surface area contributed by atoms with E-state index in [2.05, 4.69) is 6.92 Å². The maximum Gasteiger partial charge on any atom is 0.336 e. The molecule has 32 heavy (non-hydrogen) atoms. The molecule has 2 aromatic carbocycles. The van der Waals surface area contributed by atoms with E-state index in [1.165, 1.54) is 0 Å². The second-order valence-electron chi connectivity index (χ2n) is 8.05. The third kappa shape index (κ3) is 5.01. The molecule has 0 aliphatic carbocycles. The number of benzene rings is 2. The summed E-state index contributed by atoms with van der Waals surface area (Å²) in [5.41, 5.74) is 3.73. The first-order valence-electron chi connectivity index (χ1n) is 11.3. The summed E-state index contributed by atoms with van der Waals surface area (Å²) in [5, 5.41) is 9.45. The lowest BCUT2D eigenvalue weighted by Gasteiger charge is -2.10. The predicted molar refractivity (Wildman–Crippen MR) is 125 cm³/mol. The lowest BCUT2D eigenvalue weighted by Crippen LogP contribution is -2.26. The molecule has 3 rings (SSSR count). The van der Waals surface area contributed by atoms with E-state index in [0.29, 0.717) is 30.8 Å². The summed E-state index contributed by atoms with van der Waals surface area (Å²) in [6, 6.07) is 14.4. The van der Waals surface area contributed by atoms with Crippen LogP contribution < -0.4 is 5.69 Å². The molecule has 0 unspecified atom stereocenters. The largest absolute Gasteiger partial charge is 0.478 e. The van der Waals surface area contributed by atoms with Gasteiger partial charge in [0.05, 0.1) is 17.8 Å². The zero-order chi connectivity index (χ0) is 23.1. The van der Waals surface area contributed by atoms with Gasteiger partial charge < -0.3 is 5.11 Å². The van der Waals surface area contributed by atoms with Gasteiger partial charge in [0.1, 0.15) is 6.67 Å². The molecule has 1 heterocycles. The highest BCUT2D eigenvalue weighted by Crippen LogP contribution is 2.25. The predicted octanol–water partition coefficient (Wildman–Crippen LogP) is 5.68. The number of carboxylic acids is 1. The molecule has 1 N–H and O–H groups in total. The highest BCUT2D eigenvalue weighted by molar-refractivity contribution is 5.95. The Kier molecular flexibility index (Phi) is 8.03. The van der Waals surface area contributed by atoms with Crippen molar-refractivity contribution in [3.63, 3.8) is 0 Å². The third-order valence-electron chi connectivity index (χ3n) is 5.81. The molecular weight excluding hydrogens is 407 g/mol. The van der Waals surface area contributed by atoms with Crippen molar-refractivity contribution < 1.29 is 14.3 Å². The van der Waals surface area contributed by atoms with Gasteiger partial charge in [-0.05, 0) is 35.6 Å². The number of hydrogen-bond donors (Lipinski definition) is 1. The normalized spacial score (nSPS) is 11.1. The topological polar surface area (TPSA) is 64.2 Å². The van der Waals surface area contributed by atoms with E-state index in [9.17, 15) is 19.1 Å². The SMILES string of the molecule is CCCCCn1c(CF)c(CCC)n(Cc2ccc(-c3ccccc3C(=O)O)cc2)c1=O. The summed E-state index contributed by atoms with van der Waals surface area (Å²) in [5.74, 6) is -0.969. The number of alkyl halides is 1. The number of aromatic carboxylic acids is 1. The van der Waals surface area contributed by atoms with Gasteiger partial charge >= 0.3 is 11.7 Å². The van der Waals surface area contributed by atoms with E-state index in [1.54, 1.807) is 27.3 Å². The van der Waals surface area contributed by atoms with Crippen LogP contribution in [0.5, 0.6) is 0 Å². The van der Waals surface area contributed by atoms with Gasteiger partial charge in [0.25, 0.3) is 0 Å². The first-order valence-corrected chi connectivity index (χ1v) is 11.3. The zero-order valence-corrected chi connectivity index (χ0v) is 18.8. The molecule has 0 atom stereocenters. The minimum Gasteiger partial charge on any atom is -0.478 e. The Morgan fingerprint density at radius 2 is 1.66 bits per heavy atom. The molecule has 3 aromatic rings. The van der Waals surface area contributed by atoms with Crippen molar-refractivity contribution in [3.8, 4) is 11.1 Å². The van der Waals surface area contributed by atoms with Gasteiger partial charge in [-0.25, -0.2) is 14.0 Å². The fourth-order valence-electron chi connectivity index (χ4n) is 4.16. The summed E-state index contributed by atoms with van der Waals surface area (Å²) in [4.78, 5) is 24.7. The van der Waals surface area contributed by atoms with Gasteiger partial charge in [-0.3, -0.25) is 9.13 Å². The molecule has 0 saturated carbocycles. The van der Waals surface area contributed by atoms with Crippen molar-refractivity contribution in [3.05, 3.63) is 81.5 Å². The second-order valence-corrected chi connectivity index (χ2v) is 8.05. The highest BCUT2D eigenvalue weighted by atomic mass is 19.1. The molecule has 170 valence electrons. The van der Waals surface area contributed by atoms with Crippen LogP contribution in [0.1, 0.15) is 66.8 Å². The van der Waals surface area contributed by atoms with Crippen LogP contribution in [-0.2, 0) is 26.2 Å². The number of rotatable bonds is 11. The number of hydrogen-bond acceptors (Lipinski definition) is 2. The van der Waals surface area contributed by atoms with E-state index >= 15 is 0 Å². The van der Waals surface area contributed by atoms with Gasteiger partial charge in [0, 0.05) is 12.2 Å². The number of halogens is 1. The van der Waals surface area contributed by atoms with E-state index in [4.69, 9.17) is 0 Å². The summed E-state index contributed by atoms with van der Waals surface area (Å²) in [6.45, 7) is 4.39. The van der Waals surface area contributed by atoms with Crippen molar-refractivity contribution in [2.24, 2.45) is 0 Å². The van der Waals surface area contributed by atoms with E-state index < -0.39 is 12.6 Å². The number of aromatic nitrogens is 2. The number of nitrogens with zero attached hydrogens (tertiary/aromatic N) is 2. The van der Waals surface area contributed by atoms with E-state index in [1.807, 2.05) is 37.3 Å². The molecule has 0 radical (unpaired) electrons. The fourth-order valence-corrected chi connectivity index (χ4v) is 4.16. The monoisotopic (exact) mass is 438 g/mol. The minimum atomic E-state index is -0.969. The molecule has 0 bridgehead atoms. The van der Waals surface area contributed by atoms with Crippen LogP contribution in [0.3, 0.4) is 0 Å².